The van der Waals surface area contributed by atoms with Crippen molar-refractivity contribution < 1.29 is 9.59 Å². The van der Waals surface area contributed by atoms with Crippen LogP contribution in [-0.2, 0) is 9.59 Å². The fourth-order valence-electron chi connectivity index (χ4n) is 3.00. The minimum absolute atomic E-state index is 0.115. The Bertz CT molecular complexity index is 348. The molecule has 0 aromatic heterocycles. The summed E-state index contributed by atoms with van der Waals surface area (Å²) in [4.78, 5) is 27.4. The van der Waals surface area contributed by atoms with Gasteiger partial charge < -0.3 is 4.90 Å². The largest absolute Gasteiger partial charge is 0.340 e. The summed E-state index contributed by atoms with van der Waals surface area (Å²) in [5.74, 6) is 0.211. The Hall–Kier alpha value is -0.550. The zero-order valence-corrected chi connectivity index (χ0v) is 12.7. The van der Waals surface area contributed by atoms with Crippen LogP contribution < -0.4 is 0 Å². The summed E-state index contributed by atoms with van der Waals surface area (Å²) in [6, 6.07) is 0.647. The Morgan fingerprint density at radius 1 is 1.37 bits per heavy atom. The van der Waals surface area contributed by atoms with Crippen LogP contribution in [-0.4, -0.2) is 58.3 Å². The molecule has 0 saturated carbocycles. The number of nitrogens with zero attached hydrogens (tertiary/aromatic N) is 2. The molecule has 0 aromatic carbocycles. The van der Waals surface area contributed by atoms with Crippen molar-refractivity contribution in [2.45, 2.75) is 50.8 Å². The van der Waals surface area contributed by atoms with Gasteiger partial charge in [-0.15, -0.1) is 0 Å². The molecule has 0 N–H and O–H groups in total. The number of hydrogen-bond acceptors (Lipinski definition) is 4. The summed E-state index contributed by atoms with van der Waals surface area (Å²) in [6.07, 6.45) is 4.41. The van der Waals surface area contributed by atoms with Gasteiger partial charge in [-0.1, -0.05) is 18.2 Å². The van der Waals surface area contributed by atoms with Crippen molar-refractivity contribution >= 4 is 22.8 Å². The third-order valence-corrected chi connectivity index (χ3v) is 5.09. The second kappa shape index (κ2) is 6.75. The Morgan fingerprint density at radius 2 is 2.16 bits per heavy atom. The van der Waals surface area contributed by atoms with E-state index in [1.54, 1.807) is 6.92 Å². The van der Waals surface area contributed by atoms with E-state index in [-0.39, 0.29) is 16.3 Å². The molecular weight excluding hydrogens is 260 g/mol. The number of hydrogen-bond donors (Lipinski definition) is 0. The fraction of sp³-hybridized carbons (Fsp3) is 0.857. The third-order valence-electron chi connectivity index (χ3n) is 4.11. The van der Waals surface area contributed by atoms with Crippen molar-refractivity contribution in [3.8, 4) is 0 Å². The molecule has 2 heterocycles. The van der Waals surface area contributed by atoms with Gasteiger partial charge in [-0.2, -0.15) is 0 Å². The van der Waals surface area contributed by atoms with E-state index in [0.717, 1.165) is 26.2 Å². The molecule has 108 valence electrons. The predicted molar refractivity (Wildman–Crippen MR) is 78.1 cm³/mol. The summed E-state index contributed by atoms with van der Waals surface area (Å²) < 4.78 is 0. The molecule has 5 heteroatoms. The molecule has 2 atom stereocenters. The van der Waals surface area contributed by atoms with Crippen molar-refractivity contribution in [2.24, 2.45) is 0 Å². The first kappa shape index (κ1) is 14.9. The van der Waals surface area contributed by atoms with Crippen LogP contribution in [0.3, 0.4) is 0 Å². The SMILES string of the molecule is CC(=O)SC1CC(=O)N(CCN2CCCCC2C)C1. The van der Waals surface area contributed by atoms with Gasteiger partial charge in [0.15, 0.2) is 5.12 Å². The van der Waals surface area contributed by atoms with E-state index in [4.69, 9.17) is 0 Å². The maximum Gasteiger partial charge on any atom is 0.223 e. The van der Waals surface area contributed by atoms with E-state index in [0.29, 0.717) is 12.5 Å². The summed E-state index contributed by atoms with van der Waals surface area (Å²) in [5, 5.41) is 0.285. The Labute approximate surface area is 119 Å². The molecule has 2 unspecified atom stereocenters. The lowest BCUT2D eigenvalue weighted by Crippen LogP contribution is -2.43. The van der Waals surface area contributed by atoms with E-state index in [2.05, 4.69) is 11.8 Å². The molecule has 2 saturated heterocycles. The second-order valence-electron chi connectivity index (χ2n) is 5.66. The van der Waals surface area contributed by atoms with Gasteiger partial charge >= 0.3 is 0 Å². The zero-order valence-electron chi connectivity index (χ0n) is 11.9. The smallest absolute Gasteiger partial charge is 0.223 e. The molecule has 19 heavy (non-hydrogen) atoms. The lowest BCUT2D eigenvalue weighted by Gasteiger charge is -2.34. The Morgan fingerprint density at radius 3 is 2.84 bits per heavy atom. The van der Waals surface area contributed by atoms with Crippen molar-refractivity contribution in [3.63, 3.8) is 0 Å². The first-order valence-electron chi connectivity index (χ1n) is 7.25. The predicted octanol–water partition coefficient (Wildman–Crippen LogP) is 1.74. The molecule has 2 rings (SSSR count). The molecule has 0 spiro atoms. The lowest BCUT2D eigenvalue weighted by atomic mass is 10.0. The Kier molecular flexibility index (Phi) is 5.28. The molecule has 0 aliphatic carbocycles. The van der Waals surface area contributed by atoms with Gasteiger partial charge in [0.25, 0.3) is 0 Å². The van der Waals surface area contributed by atoms with Crippen molar-refractivity contribution in [1.82, 2.24) is 9.80 Å². The van der Waals surface area contributed by atoms with E-state index >= 15 is 0 Å². The second-order valence-corrected chi connectivity index (χ2v) is 7.13. The molecule has 2 aliphatic heterocycles. The van der Waals surface area contributed by atoms with Crippen LogP contribution >= 0.6 is 11.8 Å². The van der Waals surface area contributed by atoms with Crippen molar-refractivity contribution in [1.29, 1.82) is 0 Å². The van der Waals surface area contributed by atoms with E-state index in [1.807, 2.05) is 4.90 Å². The summed E-state index contributed by atoms with van der Waals surface area (Å²) >= 11 is 1.32. The van der Waals surface area contributed by atoms with Gasteiger partial charge in [0, 0.05) is 44.3 Å². The van der Waals surface area contributed by atoms with Crippen LogP contribution in [0.2, 0.25) is 0 Å². The van der Waals surface area contributed by atoms with Gasteiger partial charge in [-0.25, -0.2) is 0 Å². The average Bonchev–Trinajstić information content (AvgIpc) is 2.67. The fourth-order valence-corrected chi connectivity index (χ4v) is 3.95. The van der Waals surface area contributed by atoms with E-state index in [9.17, 15) is 9.59 Å². The molecule has 0 aromatic rings. The maximum atomic E-state index is 11.9. The number of piperidine rings is 1. The quantitative estimate of drug-likeness (QED) is 0.788. The Balaban J connectivity index is 1.76. The van der Waals surface area contributed by atoms with Crippen LogP contribution in [0.25, 0.3) is 0 Å². The number of amides is 1. The molecule has 0 radical (unpaired) electrons. The number of rotatable bonds is 4. The summed E-state index contributed by atoms with van der Waals surface area (Å²) in [7, 11) is 0. The molecule has 2 fully saturated rings. The highest BCUT2D eigenvalue weighted by atomic mass is 32.2. The molecule has 0 bridgehead atoms. The molecule has 2 aliphatic rings. The third kappa shape index (κ3) is 4.21. The van der Waals surface area contributed by atoms with Crippen molar-refractivity contribution in [2.75, 3.05) is 26.2 Å². The number of thioether (sulfide) groups is 1. The lowest BCUT2D eigenvalue weighted by molar-refractivity contribution is -0.128. The van der Waals surface area contributed by atoms with Gasteiger partial charge in [0.2, 0.25) is 5.91 Å². The molecule has 4 nitrogen and oxygen atoms in total. The van der Waals surface area contributed by atoms with Crippen LogP contribution in [0.1, 0.15) is 39.5 Å². The average molecular weight is 284 g/mol. The van der Waals surface area contributed by atoms with Gasteiger partial charge in [0.1, 0.15) is 0 Å². The van der Waals surface area contributed by atoms with Gasteiger partial charge in [0.05, 0.1) is 0 Å². The van der Waals surface area contributed by atoms with Crippen LogP contribution in [0.4, 0.5) is 0 Å². The monoisotopic (exact) mass is 284 g/mol. The van der Waals surface area contributed by atoms with Gasteiger partial charge in [-0.3, -0.25) is 14.5 Å². The highest BCUT2D eigenvalue weighted by Crippen LogP contribution is 2.24. The van der Waals surface area contributed by atoms with Crippen LogP contribution in [0.5, 0.6) is 0 Å². The maximum absolute atomic E-state index is 11.9. The van der Waals surface area contributed by atoms with E-state index < -0.39 is 0 Å². The van der Waals surface area contributed by atoms with Crippen LogP contribution in [0.15, 0.2) is 0 Å². The minimum Gasteiger partial charge on any atom is -0.340 e. The highest BCUT2D eigenvalue weighted by molar-refractivity contribution is 8.14. The first-order valence-corrected chi connectivity index (χ1v) is 8.13. The summed E-state index contributed by atoms with van der Waals surface area (Å²) in [6.45, 7) is 7.55. The summed E-state index contributed by atoms with van der Waals surface area (Å²) in [5.41, 5.74) is 0. The first-order chi connectivity index (χ1) is 9.06. The topological polar surface area (TPSA) is 40.6 Å². The van der Waals surface area contributed by atoms with Crippen molar-refractivity contribution in [3.05, 3.63) is 0 Å². The number of carbonyl (C=O) groups is 2. The van der Waals surface area contributed by atoms with Crippen LogP contribution in [0, 0.1) is 0 Å². The minimum atomic E-state index is 0.115. The van der Waals surface area contributed by atoms with Gasteiger partial charge in [-0.05, 0) is 26.3 Å². The number of likely N-dealkylation sites (tertiary alicyclic amines) is 2. The molecular formula is C14H24N2O2S. The zero-order chi connectivity index (χ0) is 13.8. The molecule has 1 amide bonds. The highest BCUT2D eigenvalue weighted by Gasteiger charge is 2.31. The number of carbonyl (C=O) groups excluding carboxylic acids is 2. The van der Waals surface area contributed by atoms with E-state index in [1.165, 1.54) is 31.0 Å². The standard InChI is InChI=1S/C14H24N2O2S/c1-11-5-3-4-6-15(11)7-8-16-10-13(9-14(16)18)19-12(2)17/h11,13H,3-10H2,1-2H3. The normalized spacial score (nSPS) is 28.9.